The van der Waals surface area contributed by atoms with Crippen molar-refractivity contribution in [2.75, 3.05) is 25.0 Å². The Kier molecular flexibility index (Phi) is 7.23. The molecule has 0 atom stereocenters. The van der Waals surface area contributed by atoms with Crippen LogP contribution in [0.1, 0.15) is 11.1 Å². The van der Waals surface area contributed by atoms with Crippen molar-refractivity contribution in [3.63, 3.8) is 0 Å². The lowest BCUT2D eigenvalue weighted by molar-refractivity contribution is -0.123. The lowest BCUT2D eigenvalue weighted by Crippen LogP contribution is -2.32. The molecule has 152 valence electrons. The third-order valence-electron chi connectivity index (χ3n) is 4.12. The standard InChI is InChI=1S/C23H22N4O3/c1-17-4-6-20(7-5-17)30-21-10-8-19(9-11-21)29-16-22(28)25-13-14-27-23-18(15-24)3-2-12-26-23/h2-12H,13-14,16H2,1H3,(H,25,28)(H,26,27). The molecule has 0 aliphatic rings. The van der Waals surface area contributed by atoms with Gasteiger partial charge in [-0.05, 0) is 55.5 Å². The average molecular weight is 402 g/mol. The zero-order chi connectivity index (χ0) is 21.2. The summed E-state index contributed by atoms with van der Waals surface area (Å²) >= 11 is 0. The number of nitrogens with zero attached hydrogens (tertiary/aromatic N) is 2. The Morgan fingerprint density at radius 1 is 1.00 bits per heavy atom. The molecule has 3 rings (SSSR count). The molecule has 2 aromatic carbocycles. The van der Waals surface area contributed by atoms with Crippen LogP contribution < -0.4 is 20.1 Å². The van der Waals surface area contributed by atoms with Gasteiger partial charge in [0.25, 0.3) is 5.91 Å². The number of aryl methyl sites for hydroxylation is 1. The van der Waals surface area contributed by atoms with Gasteiger partial charge in [0, 0.05) is 19.3 Å². The normalized spacial score (nSPS) is 10.0. The van der Waals surface area contributed by atoms with E-state index in [-0.39, 0.29) is 12.5 Å². The molecule has 0 aliphatic heterocycles. The van der Waals surface area contributed by atoms with Crippen molar-refractivity contribution < 1.29 is 14.3 Å². The lowest BCUT2D eigenvalue weighted by Gasteiger charge is -2.10. The van der Waals surface area contributed by atoms with Gasteiger partial charge in [-0.25, -0.2) is 4.98 Å². The lowest BCUT2D eigenvalue weighted by atomic mass is 10.2. The number of anilines is 1. The number of aromatic nitrogens is 1. The van der Waals surface area contributed by atoms with Crippen LogP contribution in [-0.4, -0.2) is 30.6 Å². The summed E-state index contributed by atoms with van der Waals surface area (Å²) in [5.74, 6) is 2.28. The van der Waals surface area contributed by atoms with Gasteiger partial charge in [-0.2, -0.15) is 5.26 Å². The predicted molar refractivity (Wildman–Crippen MR) is 114 cm³/mol. The Hall–Kier alpha value is -4.05. The van der Waals surface area contributed by atoms with Gasteiger partial charge in [0.05, 0.1) is 5.56 Å². The SMILES string of the molecule is Cc1ccc(Oc2ccc(OCC(=O)NCCNc3ncccc3C#N)cc2)cc1. The van der Waals surface area contributed by atoms with E-state index in [9.17, 15) is 4.79 Å². The monoisotopic (exact) mass is 402 g/mol. The van der Waals surface area contributed by atoms with Gasteiger partial charge in [0.15, 0.2) is 6.61 Å². The van der Waals surface area contributed by atoms with Crippen molar-refractivity contribution in [2.45, 2.75) is 6.92 Å². The number of rotatable bonds is 9. The van der Waals surface area contributed by atoms with E-state index in [0.717, 1.165) is 5.75 Å². The summed E-state index contributed by atoms with van der Waals surface area (Å²) in [7, 11) is 0. The third-order valence-corrected chi connectivity index (χ3v) is 4.12. The van der Waals surface area contributed by atoms with Crippen LogP contribution >= 0.6 is 0 Å². The second-order valence-electron chi connectivity index (χ2n) is 6.46. The van der Waals surface area contributed by atoms with E-state index >= 15 is 0 Å². The number of nitrogens with one attached hydrogen (secondary N) is 2. The zero-order valence-electron chi connectivity index (χ0n) is 16.6. The molecule has 7 heteroatoms. The van der Waals surface area contributed by atoms with Gasteiger partial charge in [0.1, 0.15) is 29.1 Å². The van der Waals surface area contributed by atoms with E-state index in [1.807, 2.05) is 31.2 Å². The van der Waals surface area contributed by atoms with E-state index < -0.39 is 0 Å². The number of benzene rings is 2. The number of ether oxygens (including phenoxy) is 2. The summed E-state index contributed by atoms with van der Waals surface area (Å²) in [6.45, 7) is 2.76. The molecule has 0 fully saturated rings. The molecule has 1 amide bonds. The van der Waals surface area contributed by atoms with Crippen molar-refractivity contribution >= 4 is 11.7 Å². The highest BCUT2D eigenvalue weighted by Crippen LogP contribution is 2.24. The molecule has 3 aromatic rings. The molecule has 0 unspecified atom stereocenters. The van der Waals surface area contributed by atoms with Gasteiger partial charge >= 0.3 is 0 Å². The largest absolute Gasteiger partial charge is 0.484 e. The topological polar surface area (TPSA) is 96.3 Å². The highest BCUT2D eigenvalue weighted by Gasteiger charge is 2.05. The molecule has 0 saturated carbocycles. The number of hydrogen-bond acceptors (Lipinski definition) is 6. The number of amides is 1. The van der Waals surface area contributed by atoms with Crippen LogP contribution in [0.4, 0.5) is 5.82 Å². The minimum atomic E-state index is -0.238. The fourth-order valence-corrected chi connectivity index (χ4v) is 2.57. The first-order valence-corrected chi connectivity index (χ1v) is 9.47. The summed E-state index contributed by atoms with van der Waals surface area (Å²) in [4.78, 5) is 16.0. The maximum absolute atomic E-state index is 11.9. The summed E-state index contributed by atoms with van der Waals surface area (Å²) in [6, 6.07) is 20.3. The predicted octanol–water partition coefficient (Wildman–Crippen LogP) is 3.66. The van der Waals surface area contributed by atoms with E-state index in [0.29, 0.717) is 36.0 Å². The molecule has 0 spiro atoms. The van der Waals surface area contributed by atoms with Gasteiger partial charge in [-0.3, -0.25) is 4.79 Å². The molecule has 0 saturated heterocycles. The highest BCUT2D eigenvalue weighted by atomic mass is 16.5. The molecular weight excluding hydrogens is 380 g/mol. The fraction of sp³-hybridized carbons (Fsp3) is 0.174. The average Bonchev–Trinajstić information content (AvgIpc) is 2.78. The third kappa shape index (κ3) is 6.24. The summed E-state index contributed by atoms with van der Waals surface area (Å²) in [6.07, 6.45) is 1.60. The minimum absolute atomic E-state index is 0.0921. The molecule has 1 heterocycles. The number of carbonyl (C=O) groups is 1. The van der Waals surface area contributed by atoms with Crippen LogP contribution in [-0.2, 0) is 4.79 Å². The summed E-state index contributed by atoms with van der Waals surface area (Å²) < 4.78 is 11.3. The van der Waals surface area contributed by atoms with Crippen LogP contribution in [0.25, 0.3) is 0 Å². The van der Waals surface area contributed by atoms with Crippen molar-refractivity contribution in [1.82, 2.24) is 10.3 Å². The molecule has 0 bridgehead atoms. The van der Waals surface area contributed by atoms with E-state index in [4.69, 9.17) is 14.7 Å². The number of nitriles is 1. The van der Waals surface area contributed by atoms with Crippen LogP contribution in [0.3, 0.4) is 0 Å². The summed E-state index contributed by atoms with van der Waals surface area (Å²) in [5.41, 5.74) is 1.63. The molecule has 0 radical (unpaired) electrons. The molecule has 7 nitrogen and oxygen atoms in total. The zero-order valence-corrected chi connectivity index (χ0v) is 16.6. The van der Waals surface area contributed by atoms with Crippen LogP contribution in [0, 0.1) is 18.3 Å². The highest BCUT2D eigenvalue weighted by molar-refractivity contribution is 5.77. The second kappa shape index (κ2) is 10.5. The van der Waals surface area contributed by atoms with Gasteiger partial charge in [0.2, 0.25) is 0 Å². The van der Waals surface area contributed by atoms with Crippen molar-refractivity contribution in [2.24, 2.45) is 0 Å². The van der Waals surface area contributed by atoms with Crippen LogP contribution in [0.2, 0.25) is 0 Å². The minimum Gasteiger partial charge on any atom is -0.484 e. The Labute approximate surface area is 175 Å². The first-order valence-electron chi connectivity index (χ1n) is 9.47. The van der Waals surface area contributed by atoms with Gasteiger partial charge in [-0.15, -0.1) is 0 Å². The molecule has 30 heavy (non-hydrogen) atoms. The fourth-order valence-electron chi connectivity index (χ4n) is 2.57. The van der Waals surface area contributed by atoms with Crippen LogP contribution in [0.5, 0.6) is 17.2 Å². The quantitative estimate of drug-likeness (QED) is 0.530. The second-order valence-corrected chi connectivity index (χ2v) is 6.46. The van der Waals surface area contributed by atoms with Gasteiger partial charge < -0.3 is 20.1 Å². The van der Waals surface area contributed by atoms with E-state index in [1.165, 1.54) is 5.56 Å². The maximum atomic E-state index is 11.9. The Bertz CT molecular complexity index is 1010. The molecule has 0 aliphatic carbocycles. The molecule has 1 aromatic heterocycles. The summed E-state index contributed by atoms with van der Waals surface area (Å²) in [5, 5.41) is 14.8. The van der Waals surface area contributed by atoms with Crippen LogP contribution in [0.15, 0.2) is 66.9 Å². The first kappa shape index (κ1) is 20.7. The molecular formula is C23H22N4O3. The van der Waals surface area contributed by atoms with E-state index in [2.05, 4.69) is 21.7 Å². The Morgan fingerprint density at radius 2 is 1.67 bits per heavy atom. The smallest absolute Gasteiger partial charge is 0.258 e. The molecule has 2 N–H and O–H groups in total. The van der Waals surface area contributed by atoms with Crippen molar-refractivity contribution in [1.29, 1.82) is 5.26 Å². The van der Waals surface area contributed by atoms with Gasteiger partial charge in [-0.1, -0.05) is 17.7 Å². The van der Waals surface area contributed by atoms with E-state index in [1.54, 1.807) is 42.6 Å². The number of carbonyl (C=O) groups excluding carboxylic acids is 1. The Morgan fingerprint density at radius 3 is 2.37 bits per heavy atom. The Balaban J connectivity index is 1.37. The number of hydrogen-bond donors (Lipinski definition) is 2. The number of pyridine rings is 1. The van der Waals surface area contributed by atoms with Crippen molar-refractivity contribution in [3.05, 3.63) is 78.0 Å². The first-order chi connectivity index (χ1) is 14.6. The maximum Gasteiger partial charge on any atom is 0.258 e. The van der Waals surface area contributed by atoms with Crippen molar-refractivity contribution in [3.8, 4) is 23.3 Å².